The van der Waals surface area contributed by atoms with Crippen LogP contribution in [0, 0.1) is 0 Å². The Labute approximate surface area is 72.3 Å². The van der Waals surface area contributed by atoms with Crippen LogP contribution in [0.4, 0.5) is 0 Å². The van der Waals surface area contributed by atoms with Gasteiger partial charge in [0.25, 0.3) is 0 Å². The van der Waals surface area contributed by atoms with Crippen molar-refractivity contribution < 1.29 is 9.90 Å². The van der Waals surface area contributed by atoms with Crippen LogP contribution in [0.3, 0.4) is 0 Å². The first-order valence-electron chi connectivity index (χ1n) is 4.30. The number of primary amides is 1. The number of nitrogens with zero attached hydrogens (tertiary/aromatic N) is 1. The van der Waals surface area contributed by atoms with Crippen LogP contribution in [-0.4, -0.2) is 41.1 Å². The van der Waals surface area contributed by atoms with Gasteiger partial charge in [0.15, 0.2) is 0 Å². The van der Waals surface area contributed by atoms with Gasteiger partial charge in [-0.2, -0.15) is 0 Å². The molecule has 2 atom stereocenters. The summed E-state index contributed by atoms with van der Waals surface area (Å²) in [5, 5.41) is 9.29. The summed E-state index contributed by atoms with van der Waals surface area (Å²) in [7, 11) is 0. The van der Waals surface area contributed by atoms with E-state index in [1.165, 1.54) is 0 Å². The van der Waals surface area contributed by atoms with Gasteiger partial charge in [0.2, 0.25) is 5.91 Å². The molecule has 0 bridgehead atoms. The molecule has 1 saturated heterocycles. The lowest BCUT2D eigenvalue weighted by atomic mass is 10.0. The maximum absolute atomic E-state index is 10.6. The Morgan fingerprint density at radius 2 is 2.42 bits per heavy atom. The number of aliphatic hydroxyl groups is 1. The average molecular weight is 172 g/mol. The number of amides is 1. The Kier molecular flexibility index (Phi) is 3.05. The number of rotatable bonds is 2. The van der Waals surface area contributed by atoms with E-state index in [9.17, 15) is 9.90 Å². The fourth-order valence-electron chi connectivity index (χ4n) is 1.63. The van der Waals surface area contributed by atoms with Gasteiger partial charge in [0, 0.05) is 12.6 Å². The molecule has 0 aromatic heterocycles. The number of hydrogen-bond donors (Lipinski definition) is 2. The van der Waals surface area contributed by atoms with Gasteiger partial charge < -0.3 is 10.8 Å². The van der Waals surface area contributed by atoms with Crippen molar-refractivity contribution in [2.45, 2.75) is 31.9 Å². The fourth-order valence-corrected chi connectivity index (χ4v) is 1.63. The van der Waals surface area contributed by atoms with Crippen molar-refractivity contribution in [2.75, 3.05) is 13.1 Å². The molecule has 0 unspecified atom stereocenters. The van der Waals surface area contributed by atoms with E-state index in [-0.39, 0.29) is 18.1 Å². The fraction of sp³-hybridized carbons (Fsp3) is 0.875. The highest BCUT2D eigenvalue weighted by molar-refractivity contribution is 5.75. The van der Waals surface area contributed by atoms with Crippen LogP contribution in [0.2, 0.25) is 0 Å². The summed E-state index contributed by atoms with van der Waals surface area (Å²) in [6.45, 7) is 3.09. The Bertz CT molecular complexity index is 172. The maximum Gasteiger partial charge on any atom is 0.231 e. The number of carbonyl (C=O) groups excluding carboxylic acids is 1. The molecule has 1 aliphatic rings. The molecule has 0 aromatic carbocycles. The van der Waals surface area contributed by atoms with Gasteiger partial charge in [-0.1, -0.05) is 0 Å². The van der Waals surface area contributed by atoms with Gasteiger partial charge in [-0.05, 0) is 19.8 Å². The van der Waals surface area contributed by atoms with Crippen LogP contribution < -0.4 is 5.73 Å². The third-order valence-electron chi connectivity index (χ3n) is 2.34. The first-order chi connectivity index (χ1) is 5.59. The zero-order valence-electron chi connectivity index (χ0n) is 7.36. The summed E-state index contributed by atoms with van der Waals surface area (Å²) in [5.74, 6) is -0.293. The quantitative estimate of drug-likeness (QED) is 0.580. The number of hydrogen-bond acceptors (Lipinski definition) is 3. The summed E-state index contributed by atoms with van der Waals surface area (Å²) >= 11 is 0. The third-order valence-corrected chi connectivity index (χ3v) is 2.34. The van der Waals surface area contributed by atoms with Crippen molar-refractivity contribution in [3.8, 4) is 0 Å². The molecule has 3 N–H and O–H groups in total. The van der Waals surface area contributed by atoms with E-state index in [0.29, 0.717) is 6.54 Å². The van der Waals surface area contributed by atoms with E-state index in [4.69, 9.17) is 5.73 Å². The zero-order chi connectivity index (χ0) is 9.14. The van der Waals surface area contributed by atoms with Gasteiger partial charge in [0.05, 0.1) is 12.6 Å². The van der Waals surface area contributed by atoms with Crippen molar-refractivity contribution in [1.82, 2.24) is 4.90 Å². The van der Waals surface area contributed by atoms with E-state index < -0.39 is 0 Å². The molecule has 12 heavy (non-hydrogen) atoms. The molecular formula is C8H16N2O2. The van der Waals surface area contributed by atoms with Crippen LogP contribution >= 0.6 is 0 Å². The Morgan fingerprint density at radius 3 is 2.92 bits per heavy atom. The van der Waals surface area contributed by atoms with Crippen LogP contribution in [-0.2, 0) is 4.79 Å². The second-order valence-corrected chi connectivity index (χ2v) is 3.46. The van der Waals surface area contributed by atoms with Gasteiger partial charge in [0.1, 0.15) is 0 Å². The van der Waals surface area contributed by atoms with Crippen molar-refractivity contribution in [3.63, 3.8) is 0 Å². The minimum atomic E-state index is -0.293. The molecule has 1 amide bonds. The van der Waals surface area contributed by atoms with Crippen LogP contribution in [0.15, 0.2) is 0 Å². The molecule has 0 spiro atoms. The highest BCUT2D eigenvalue weighted by Gasteiger charge is 2.24. The predicted molar refractivity (Wildman–Crippen MR) is 45.5 cm³/mol. The number of carbonyl (C=O) groups is 1. The number of aliphatic hydroxyl groups excluding tert-OH is 1. The van der Waals surface area contributed by atoms with E-state index in [1.807, 2.05) is 11.8 Å². The largest absolute Gasteiger partial charge is 0.393 e. The molecule has 1 rings (SSSR count). The number of nitrogens with two attached hydrogens (primary N) is 1. The van der Waals surface area contributed by atoms with E-state index >= 15 is 0 Å². The van der Waals surface area contributed by atoms with E-state index in [0.717, 1.165) is 19.4 Å². The van der Waals surface area contributed by atoms with Crippen LogP contribution in [0.25, 0.3) is 0 Å². The van der Waals surface area contributed by atoms with Crippen LogP contribution in [0.5, 0.6) is 0 Å². The van der Waals surface area contributed by atoms with Gasteiger partial charge >= 0.3 is 0 Å². The van der Waals surface area contributed by atoms with E-state index in [1.54, 1.807) is 0 Å². The Hall–Kier alpha value is -0.610. The maximum atomic E-state index is 10.6. The minimum absolute atomic E-state index is 0.205. The molecule has 1 heterocycles. The Balaban J connectivity index is 2.39. The monoisotopic (exact) mass is 172 g/mol. The molecule has 0 saturated carbocycles. The molecule has 70 valence electrons. The normalized spacial score (nSPS) is 31.8. The summed E-state index contributed by atoms with van der Waals surface area (Å²) in [4.78, 5) is 12.6. The molecule has 4 heteroatoms. The molecule has 0 radical (unpaired) electrons. The average Bonchev–Trinajstić information content (AvgIpc) is 1.94. The van der Waals surface area contributed by atoms with E-state index in [2.05, 4.69) is 0 Å². The molecule has 4 nitrogen and oxygen atoms in total. The van der Waals surface area contributed by atoms with Gasteiger partial charge in [-0.15, -0.1) is 0 Å². The van der Waals surface area contributed by atoms with Crippen molar-refractivity contribution in [1.29, 1.82) is 0 Å². The summed E-state index contributed by atoms with van der Waals surface area (Å²) in [6, 6.07) is 0.265. The Morgan fingerprint density at radius 1 is 1.75 bits per heavy atom. The second-order valence-electron chi connectivity index (χ2n) is 3.46. The highest BCUT2D eigenvalue weighted by Crippen LogP contribution is 2.16. The van der Waals surface area contributed by atoms with Crippen molar-refractivity contribution in [2.24, 2.45) is 5.73 Å². The first-order valence-corrected chi connectivity index (χ1v) is 4.30. The standard InChI is InChI=1S/C8H16N2O2/c1-6-4-7(11)2-3-10(6)5-8(9)12/h6-7,11H,2-5H2,1H3,(H2,9,12)/t6-,7-/m0/s1. The lowest BCUT2D eigenvalue weighted by Crippen LogP contribution is -2.46. The highest BCUT2D eigenvalue weighted by atomic mass is 16.3. The summed E-state index contributed by atoms with van der Waals surface area (Å²) in [6.07, 6.45) is 1.29. The molecule has 1 aliphatic heterocycles. The predicted octanol–water partition coefficient (Wildman–Crippen LogP) is -0.683. The SMILES string of the molecule is C[C@H]1C[C@@H](O)CCN1CC(N)=O. The molecule has 1 fully saturated rings. The minimum Gasteiger partial charge on any atom is -0.393 e. The third kappa shape index (κ3) is 2.46. The van der Waals surface area contributed by atoms with Gasteiger partial charge in [-0.25, -0.2) is 0 Å². The van der Waals surface area contributed by atoms with Crippen molar-refractivity contribution >= 4 is 5.91 Å². The number of piperidine rings is 1. The first kappa shape index (κ1) is 9.48. The summed E-state index contributed by atoms with van der Waals surface area (Å²) in [5.41, 5.74) is 5.08. The topological polar surface area (TPSA) is 66.6 Å². The molecular weight excluding hydrogens is 156 g/mol. The van der Waals surface area contributed by atoms with Gasteiger partial charge in [-0.3, -0.25) is 9.69 Å². The smallest absolute Gasteiger partial charge is 0.231 e. The zero-order valence-corrected chi connectivity index (χ0v) is 7.36. The molecule has 0 aromatic rings. The number of likely N-dealkylation sites (tertiary alicyclic amines) is 1. The molecule has 0 aliphatic carbocycles. The lowest BCUT2D eigenvalue weighted by molar-refractivity contribution is -0.120. The van der Waals surface area contributed by atoms with Crippen molar-refractivity contribution in [3.05, 3.63) is 0 Å². The lowest BCUT2D eigenvalue weighted by Gasteiger charge is -2.34. The second kappa shape index (κ2) is 3.87. The van der Waals surface area contributed by atoms with Crippen LogP contribution in [0.1, 0.15) is 19.8 Å². The summed E-state index contributed by atoms with van der Waals surface area (Å²) < 4.78 is 0.